The first kappa shape index (κ1) is 15.0. The quantitative estimate of drug-likeness (QED) is 0.509. The van der Waals surface area contributed by atoms with Crippen molar-refractivity contribution in [2.75, 3.05) is 5.32 Å². The van der Waals surface area contributed by atoms with Crippen LogP contribution in [0.15, 0.2) is 46.5 Å². The monoisotopic (exact) mass is 296 g/mol. The Morgan fingerprint density at radius 3 is 2.77 bits per heavy atom. The fourth-order valence-electron chi connectivity index (χ4n) is 1.71. The predicted molar refractivity (Wildman–Crippen MR) is 80.9 cm³/mol. The first-order valence-corrected chi connectivity index (χ1v) is 6.30. The third kappa shape index (κ3) is 3.58. The Kier molecular flexibility index (Phi) is 4.67. The van der Waals surface area contributed by atoms with E-state index in [1.165, 1.54) is 19.3 Å². The fourth-order valence-corrected chi connectivity index (χ4v) is 1.71. The zero-order chi connectivity index (χ0) is 15.9. The highest BCUT2D eigenvalue weighted by atomic mass is 16.7. The largest absolute Gasteiger partial charge is 0.354 e. The van der Waals surface area contributed by atoms with Crippen molar-refractivity contribution in [1.82, 2.24) is 4.98 Å². The minimum Gasteiger partial charge on any atom is -0.354 e. The number of para-hydroxylation sites is 1. The van der Waals surface area contributed by atoms with E-state index in [0.717, 1.165) is 0 Å². The van der Waals surface area contributed by atoms with E-state index < -0.39 is 11.5 Å². The maximum Gasteiger partial charge on any atom is 0.331 e. The van der Waals surface area contributed by atoms with Gasteiger partial charge in [-0.15, -0.1) is 0 Å². The highest BCUT2D eigenvalue weighted by Gasteiger charge is 2.12. The highest BCUT2D eigenvalue weighted by molar-refractivity contribution is 5.90. The van der Waals surface area contributed by atoms with Gasteiger partial charge in [0, 0.05) is 24.4 Å². The number of nitriles is 1. The van der Waals surface area contributed by atoms with Gasteiger partial charge in [-0.1, -0.05) is 23.4 Å². The lowest BCUT2D eigenvalue weighted by molar-refractivity contribution is -0.140. The van der Waals surface area contributed by atoms with Crippen LogP contribution < -0.4 is 10.9 Å². The molecule has 7 nitrogen and oxygen atoms in total. The Morgan fingerprint density at radius 2 is 2.14 bits per heavy atom. The second kappa shape index (κ2) is 6.85. The van der Waals surface area contributed by atoms with Crippen molar-refractivity contribution in [3.05, 3.63) is 58.0 Å². The van der Waals surface area contributed by atoms with Gasteiger partial charge >= 0.3 is 5.97 Å². The molecule has 0 amide bonds. The Balaban J connectivity index is 2.46. The summed E-state index contributed by atoms with van der Waals surface area (Å²) in [6, 6.07) is 10.9. The molecular formula is C15H12N4O3. The van der Waals surface area contributed by atoms with Crippen molar-refractivity contribution < 1.29 is 9.63 Å². The third-order valence-electron chi connectivity index (χ3n) is 2.65. The summed E-state index contributed by atoms with van der Waals surface area (Å²) in [5.74, 6) is -0.571. The number of carbonyl (C=O) groups excluding carboxylic acids is 1. The summed E-state index contributed by atoms with van der Waals surface area (Å²) in [6.45, 7) is 1.22. The lowest BCUT2D eigenvalue weighted by Crippen LogP contribution is -2.14. The number of rotatable bonds is 4. The second-order valence-corrected chi connectivity index (χ2v) is 4.24. The number of nitrogens with one attached hydrogen (secondary N) is 2. The third-order valence-corrected chi connectivity index (χ3v) is 2.65. The number of nitrogens with zero attached hydrogens (tertiary/aromatic N) is 2. The van der Waals surface area contributed by atoms with Gasteiger partial charge in [-0.05, 0) is 12.1 Å². The Hall–Kier alpha value is -3.40. The van der Waals surface area contributed by atoms with Crippen molar-refractivity contribution in [3.63, 3.8) is 0 Å². The second-order valence-electron chi connectivity index (χ2n) is 4.24. The van der Waals surface area contributed by atoms with E-state index in [1.807, 2.05) is 24.3 Å². The van der Waals surface area contributed by atoms with Crippen LogP contribution in [0.4, 0.5) is 11.4 Å². The summed E-state index contributed by atoms with van der Waals surface area (Å²) < 4.78 is 0. The summed E-state index contributed by atoms with van der Waals surface area (Å²) in [4.78, 5) is 29.4. The fraction of sp³-hybridized carbons (Fsp3) is 0.0667. The number of pyridine rings is 1. The Bertz CT molecular complexity index is 804. The van der Waals surface area contributed by atoms with Crippen LogP contribution in [0.1, 0.15) is 18.1 Å². The minimum absolute atomic E-state index is 0.0874. The van der Waals surface area contributed by atoms with Crippen molar-refractivity contribution in [3.8, 4) is 6.07 Å². The summed E-state index contributed by atoms with van der Waals surface area (Å²) in [6.07, 6.45) is 2.62. The zero-order valence-corrected chi connectivity index (χ0v) is 11.7. The maximum absolute atomic E-state index is 11.7. The molecule has 0 aliphatic rings. The molecule has 0 unspecified atom stereocenters. The number of aromatic nitrogens is 1. The van der Waals surface area contributed by atoms with Gasteiger partial charge in [0.05, 0.1) is 11.9 Å². The average Bonchev–Trinajstić information content (AvgIpc) is 2.50. The van der Waals surface area contributed by atoms with Crippen molar-refractivity contribution in [2.24, 2.45) is 5.16 Å². The normalized spacial score (nSPS) is 10.2. The molecule has 2 N–H and O–H groups in total. The number of hydrogen-bond acceptors (Lipinski definition) is 6. The molecule has 1 aromatic heterocycles. The topological polar surface area (TPSA) is 107 Å². The van der Waals surface area contributed by atoms with Crippen LogP contribution in [-0.4, -0.2) is 17.2 Å². The summed E-state index contributed by atoms with van der Waals surface area (Å²) in [5, 5.41) is 15.7. The molecule has 110 valence electrons. The van der Waals surface area contributed by atoms with Gasteiger partial charge in [-0.25, -0.2) is 4.79 Å². The molecule has 7 heteroatoms. The number of anilines is 2. The molecule has 0 aliphatic carbocycles. The van der Waals surface area contributed by atoms with Crippen LogP contribution in [0.5, 0.6) is 0 Å². The number of carbonyl (C=O) groups is 1. The lowest BCUT2D eigenvalue weighted by Gasteiger charge is -2.10. The van der Waals surface area contributed by atoms with E-state index in [4.69, 9.17) is 0 Å². The molecule has 0 saturated heterocycles. The molecule has 0 atom stereocenters. The smallest absolute Gasteiger partial charge is 0.331 e. The molecular weight excluding hydrogens is 284 g/mol. The van der Waals surface area contributed by atoms with Crippen molar-refractivity contribution >= 4 is 23.6 Å². The van der Waals surface area contributed by atoms with Gasteiger partial charge in [0.1, 0.15) is 11.6 Å². The molecule has 22 heavy (non-hydrogen) atoms. The summed E-state index contributed by atoms with van der Waals surface area (Å²) in [7, 11) is 0. The van der Waals surface area contributed by atoms with Gasteiger partial charge in [-0.2, -0.15) is 5.26 Å². The minimum atomic E-state index is -0.571. The summed E-state index contributed by atoms with van der Waals surface area (Å²) in [5.41, 5.74) is 0.780. The summed E-state index contributed by atoms with van der Waals surface area (Å²) >= 11 is 0. The van der Waals surface area contributed by atoms with E-state index in [0.29, 0.717) is 11.3 Å². The van der Waals surface area contributed by atoms with Gasteiger partial charge in [-0.3, -0.25) is 4.79 Å². The molecule has 1 heterocycles. The molecule has 0 spiro atoms. The Morgan fingerprint density at radius 1 is 1.41 bits per heavy atom. The van der Waals surface area contributed by atoms with Crippen LogP contribution in [-0.2, 0) is 9.63 Å². The van der Waals surface area contributed by atoms with Crippen LogP contribution in [0.25, 0.3) is 0 Å². The molecule has 0 radical (unpaired) electrons. The number of hydrogen-bond donors (Lipinski definition) is 2. The molecule has 1 aromatic carbocycles. The van der Waals surface area contributed by atoms with E-state index in [2.05, 4.69) is 20.3 Å². The number of H-pyrrole nitrogens is 1. The standard InChI is InChI=1S/C15H12N4O3/c1-10(20)22-18-9-11-8-17-15(21)13(7-16)14(11)19-12-5-3-2-4-6-12/h2-6,8-9H,1H3,(H2,17,19,21)/b18-9-. The van der Waals surface area contributed by atoms with Crippen LogP contribution >= 0.6 is 0 Å². The molecule has 0 bridgehead atoms. The van der Waals surface area contributed by atoms with Gasteiger partial charge in [0.15, 0.2) is 0 Å². The number of oxime groups is 1. The number of aromatic amines is 1. The van der Waals surface area contributed by atoms with Gasteiger partial charge < -0.3 is 15.1 Å². The van der Waals surface area contributed by atoms with Crippen molar-refractivity contribution in [1.29, 1.82) is 5.26 Å². The number of benzene rings is 1. The van der Waals surface area contributed by atoms with E-state index in [9.17, 15) is 14.9 Å². The first-order valence-electron chi connectivity index (χ1n) is 6.30. The van der Waals surface area contributed by atoms with Gasteiger partial charge in [0.25, 0.3) is 5.56 Å². The van der Waals surface area contributed by atoms with Crippen molar-refractivity contribution in [2.45, 2.75) is 6.92 Å². The van der Waals surface area contributed by atoms with Crippen LogP contribution in [0.2, 0.25) is 0 Å². The SMILES string of the molecule is CC(=O)O/N=C\c1c[nH]c(=O)c(C#N)c1Nc1ccccc1. The van der Waals surface area contributed by atoms with E-state index in [1.54, 1.807) is 12.1 Å². The maximum atomic E-state index is 11.7. The van der Waals surface area contributed by atoms with Gasteiger partial charge in [0.2, 0.25) is 0 Å². The van der Waals surface area contributed by atoms with Crippen LogP contribution in [0.3, 0.4) is 0 Å². The lowest BCUT2D eigenvalue weighted by atomic mass is 10.1. The highest BCUT2D eigenvalue weighted by Crippen LogP contribution is 2.21. The molecule has 0 saturated carbocycles. The van der Waals surface area contributed by atoms with Crippen LogP contribution in [0, 0.1) is 11.3 Å². The predicted octanol–water partition coefficient (Wildman–Crippen LogP) is 1.89. The van der Waals surface area contributed by atoms with E-state index in [-0.39, 0.29) is 11.3 Å². The van der Waals surface area contributed by atoms with E-state index >= 15 is 0 Å². The average molecular weight is 296 g/mol. The molecule has 2 rings (SSSR count). The molecule has 0 fully saturated rings. The zero-order valence-electron chi connectivity index (χ0n) is 11.7. The Labute approximate surface area is 125 Å². The molecule has 0 aliphatic heterocycles. The molecule has 2 aromatic rings. The first-order chi connectivity index (χ1) is 10.6.